The Kier molecular flexibility index (Phi) is 6.19. The first-order chi connectivity index (χ1) is 33.9. The van der Waals surface area contributed by atoms with Gasteiger partial charge in [-0.3, -0.25) is 9.59 Å². The molecule has 1 aliphatic rings. The fraction of sp³-hybridized carbons (Fsp3) is 0.317. The van der Waals surface area contributed by atoms with E-state index >= 15 is 9.18 Å². The molecule has 6 rings (SSSR count). The van der Waals surface area contributed by atoms with Gasteiger partial charge in [-0.15, -0.1) is 11.8 Å². The predicted molar refractivity (Wildman–Crippen MR) is 198 cm³/mol. The lowest BCUT2D eigenvalue weighted by Gasteiger charge is -2.39. The second-order valence-corrected chi connectivity index (χ2v) is 12.3. The molecule has 278 valence electrons. The Morgan fingerprint density at radius 2 is 1.70 bits per heavy atom. The van der Waals surface area contributed by atoms with Crippen molar-refractivity contribution < 1.29 is 60.3 Å². The molecule has 1 saturated heterocycles. The van der Waals surface area contributed by atoms with Crippen LogP contribution in [0.5, 0.6) is 0 Å². The van der Waals surface area contributed by atoms with Gasteiger partial charge in [-0.2, -0.15) is 13.2 Å². The Morgan fingerprint density at radius 1 is 0.981 bits per heavy atom. The van der Waals surface area contributed by atoms with Gasteiger partial charge in [0, 0.05) is 64.8 Å². The van der Waals surface area contributed by atoms with E-state index in [1.165, 1.54) is 0 Å². The zero-order valence-electron chi connectivity index (χ0n) is 48.7. The molecule has 0 radical (unpaired) electrons. The van der Waals surface area contributed by atoms with Crippen LogP contribution in [0.1, 0.15) is 63.9 Å². The average Bonchev–Trinajstić information content (AvgIpc) is 3.33. The molecule has 0 aliphatic carbocycles. The van der Waals surface area contributed by atoms with Gasteiger partial charge in [0.15, 0.2) is 17.1 Å². The zero-order valence-corrected chi connectivity index (χ0v) is 28.5. The summed E-state index contributed by atoms with van der Waals surface area (Å²) in [6.07, 6.45) is -6.04. The van der Waals surface area contributed by atoms with Gasteiger partial charge in [-0.05, 0) is 66.2 Å². The molecule has 0 atom stereocenters. The van der Waals surface area contributed by atoms with Crippen LogP contribution in [-0.2, 0) is 34.5 Å². The van der Waals surface area contributed by atoms with Crippen molar-refractivity contribution in [3.05, 3.63) is 135 Å². The number of hydrogen-bond donors (Lipinski definition) is 0. The van der Waals surface area contributed by atoms with Gasteiger partial charge in [0.05, 0.1) is 48.7 Å². The number of carbonyl (C=O) groups excluding carboxylic acids is 1. The van der Waals surface area contributed by atoms with E-state index < -0.39 is 233 Å². The van der Waals surface area contributed by atoms with Crippen molar-refractivity contribution in [2.24, 2.45) is 0 Å². The van der Waals surface area contributed by atoms with Crippen LogP contribution in [0, 0.1) is 18.6 Å². The summed E-state index contributed by atoms with van der Waals surface area (Å²) < 4.78 is 257. The Balaban J connectivity index is 1.62. The maximum absolute atomic E-state index is 15.4. The number of thioether (sulfide) groups is 1. The highest BCUT2D eigenvalue weighted by Gasteiger charge is 2.32. The molecular formula is C41H40F5N3O3S. The number of methoxy groups -OCH3 is 1. The smallest absolute Gasteiger partial charge is 0.383 e. The molecule has 5 aromatic rings. The topological polar surface area (TPSA) is 54.8 Å². The van der Waals surface area contributed by atoms with E-state index in [0.717, 1.165) is 18.9 Å². The van der Waals surface area contributed by atoms with Crippen LogP contribution in [0.4, 0.5) is 22.0 Å². The number of pyridine rings is 1. The molecule has 1 fully saturated rings. The van der Waals surface area contributed by atoms with E-state index in [1.54, 1.807) is 0 Å². The Labute approximate surface area is 338 Å². The number of aromatic nitrogens is 1. The van der Waals surface area contributed by atoms with Crippen LogP contribution >= 0.6 is 11.8 Å². The molecular weight excluding hydrogens is 710 g/mol. The zero-order chi connectivity index (χ0) is 56.1. The Hall–Kier alpha value is -4.52. The molecule has 4 aromatic carbocycles. The lowest BCUT2D eigenvalue weighted by molar-refractivity contribution is -0.138. The number of halogens is 5. The summed E-state index contributed by atoms with van der Waals surface area (Å²) in [6, 6.07) is -18.7. The number of benzene rings is 4. The van der Waals surface area contributed by atoms with E-state index in [9.17, 15) is 25.1 Å². The van der Waals surface area contributed by atoms with Crippen molar-refractivity contribution in [3.63, 3.8) is 0 Å². The number of rotatable bonds is 12. The minimum Gasteiger partial charge on any atom is -0.383 e. The summed E-state index contributed by atoms with van der Waals surface area (Å²) in [5, 5.41) is -2.06. The fourth-order valence-electron chi connectivity index (χ4n) is 5.35. The van der Waals surface area contributed by atoms with Gasteiger partial charge >= 0.3 is 6.18 Å². The fourth-order valence-corrected chi connectivity index (χ4v) is 6.26. The normalized spacial score (nSPS) is 20.6. The van der Waals surface area contributed by atoms with Crippen LogP contribution < -0.4 is 5.43 Å². The first kappa shape index (κ1) is 19.7. The van der Waals surface area contributed by atoms with Gasteiger partial charge in [-0.25, -0.2) is 8.78 Å². The molecule has 6 nitrogen and oxygen atoms in total. The third-order valence-electron chi connectivity index (χ3n) is 7.96. The van der Waals surface area contributed by atoms with Gasteiger partial charge in [-0.1, -0.05) is 60.4 Å². The van der Waals surface area contributed by atoms with E-state index in [4.69, 9.17) is 30.8 Å². The van der Waals surface area contributed by atoms with Crippen molar-refractivity contribution >= 4 is 28.6 Å². The van der Waals surface area contributed by atoms with Gasteiger partial charge in [0.25, 0.3) is 0 Å². The van der Waals surface area contributed by atoms with Crippen molar-refractivity contribution in [2.75, 3.05) is 33.3 Å². The van der Waals surface area contributed by atoms with Crippen molar-refractivity contribution in [2.45, 2.75) is 55.8 Å². The van der Waals surface area contributed by atoms with Gasteiger partial charge in [0.2, 0.25) is 5.91 Å². The number of ether oxygens (including phenoxy) is 1. The largest absolute Gasteiger partial charge is 0.416 e. The summed E-state index contributed by atoms with van der Waals surface area (Å²) in [5.74, 6) is -6.55. The molecule has 1 aliphatic heterocycles. The molecule has 0 N–H and O–H groups in total. The predicted octanol–water partition coefficient (Wildman–Crippen LogP) is 8.71. The number of alkyl halides is 3. The average molecular weight is 771 g/mol. The quantitative estimate of drug-likeness (QED) is 0.0940. The van der Waals surface area contributed by atoms with Crippen molar-refractivity contribution in [3.8, 4) is 11.1 Å². The SMILES string of the molecule is [2H]c1c([2H])c(F)c(F)c(CSc2c([2H])c(=O)c3c([2H])c([2H])c([2H])c([2H])c3n2C([2H])([2H])C(=O)N(Cc2c([2H])c([2H])c(-c3c([2H])c([2H])c(C(F)(F)F)c(C)c3[2H])c([2H])c2[2H])C2CCN(C([2H])([2H])C([2H])([2H])OC)CC2)c1[2H]. The number of nitrogens with zero attached hydrogens (tertiary/aromatic N) is 3. The van der Waals surface area contributed by atoms with E-state index in [1.807, 2.05) is 0 Å². The molecule has 0 saturated carbocycles. The molecule has 53 heavy (non-hydrogen) atoms. The maximum atomic E-state index is 15.4. The third kappa shape index (κ3) is 9.00. The molecule has 0 spiro atoms. The van der Waals surface area contributed by atoms with Crippen LogP contribution in [0.2, 0.25) is 0 Å². The highest BCUT2D eigenvalue weighted by molar-refractivity contribution is 7.98. The Bertz CT molecular complexity index is 3160. The molecule has 2 heterocycles. The first-order valence-electron chi connectivity index (χ1n) is 26.1. The number of likely N-dealkylation sites (tertiary alicyclic amines) is 1. The van der Waals surface area contributed by atoms with Crippen LogP contribution in [-0.4, -0.2) is 59.6 Å². The highest BCUT2D eigenvalue weighted by Crippen LogP contribution is 2.34. The number of fused-ring (bicyclic) bond motifs is 1. The van der Waals surface area contributed by atoms with Crippen LogP contribution in [0.25, 0.3) is 22.0 Å². The summed E-state index contributed by atoms with van der Waals surface area (Å²) in [6.45, 7) is -10.9. The minimum atomic E-state index is -5.23. The lowest BCUT2D eigenvalue weighted by atomic mass is 9.98. The number of carbonyl (C=O) groups is 1. The monoisotopic (exact) mass is 770 g/mol. The summed E-state index contributed by atoms with van der Waals surface area (Å²) in [4.78, 5) is 30.9. The van der Waals surface area contributed by atoms with Crippen LogP contribution in [0.15, 0.2) is 100 Å². The molecule has 1 amide bonds. The first-order valence-corrected chi connectivity index (χ1v) is 16.5. The standard InChI is InChI=1S/C41H40F5N3O3S/c1-27-22-30(14-15-34(27)41(44,45)46)29-12-10-28(11-13-29)24-48(32-16-18-47(19-17-32)20-21-52-2)38(51)25-49-36-9-4-3-7-33(36)37(50)23-39(49)53-26-31-6-5-8-35(42)40(31)43/h3-15,22-23,32H,16-21,24-26H2,1-2H3/i3D,4D,5D,6D,7D,8D,9D,10D,11D,12D,13D,14D,15D,20D2,21D2,22D,23D,25D2. The van der Waals surface area contributed by atoms with Crippen molar-refractivity contribution in [1.82, 2.24) is 14.4 Å². The summed E-state index contributed by atoms with van der Waals surface area (Å²) >= 11 is 0.0788. The van der Waals surface area contributed by atoms with Crippen molar-refractivity contribution in [1.29, 1.82) is 0 Å². The Morgan fingerprint density at radius 3 is 2.42 bits per heavy atom. The molecule has 1 aromatic heterocycles. The molecule has 12 heteroatoms. The second-order valence-electron chi connectivity index (χ2n) is 11.4. The minimum absolute atomic E-state index is 0.0788. The number of hydrogen-bond acceptors (Lipinski definition) is 5. The summed E-state index contributed by atoms with van der Waals surface area (Å²) in [7, 11) is 0.896. The number of amides is 1. The van der Waals surface area contributed by atoms with Crippen LogP contribution in [0.3, 0.4) is 0 Å². The molecule has 0 unspecified atom stereocenters. The summed E-state index contributed by atoms with van der Waals surface area (Å²) in [5.41, 5.74) is -8.61. The highest BCUT2D eigenvalue weighted by atomic mass is 32.2. The second kappa shape index (κ2) is 16.7. The third-order valence-corrected chi connectivity index (χ3v) is 8.95. The molecule has 0 bridgehead atoms. The lowest BCUT2D eigenvalue weighted by Crippen LogP contribution is -2.48. The number of para-hydroxylation sites is 1. The maximum Gasteiger partial charge on any atom is 0.416 e. The van der Waals surface area contributed by atoms with Gasteiger partial charge in [0.1, 0.15) is 6.50 Å². The van der Waals surface area contributed by atoms with E-state index in [2.05, 4.69) is 0 Å². The number of piperidine rings is 1. The van der Waals surface area contributed by atoms with E-state index in [0.29, 0.717) is 4.90 Å². The van der Waals surface area contributed by atoms with E-state index in [-0.39, 0.29) is 16.3 Å². The van der Waals surface area contributed by atoms with Gasteiger partial charge < -0.3 is 19.1 Å².